The summed E-state index contributed by atoms with van der Waals surface area (Å²) in [4.78, 5) is 24.9. The Hall–Kier alpha value is -3.16. The molecule has 0 aliphatic rings. The van der Waals surface area contributed by atoms with E-state index >= 15 is 0 Å². The Kier molecular flexibility index (Phi) is 7.94. The van der Waals surface area contributed by atoms with Crippen molar-refractivity contribution < 1.29 is 27.8 Å². The first kappa shape index (κ1) is 22.1. The van der Waals surface area contributed by atoms with Crippen LogP contribution in [-0.4, -0.2) is 32.6 Å². The van der Waals surface area contributed by atoms with E-state index in [9.17, 15) is 18.4 Å². The Morgan fingerprint density at radius 3 is 2.45 bits per heavy atom. The number of unbranched alkanes of at least 4 members (excludes halogenated alkanes) is 1. The van der Waals surface area contributed by atoms with Crippen molar-refractivity contribution >= 4 is 11.8 Å². The molecule has 0 saturated heterocycles. The fraction of sp³-hybridized carbons (Fsp3) is 0.333. The first-order valence-electron chi connectivity index (χ1n) is 9.19. The maximum atomic E-state index is 13.6. The average Bonchev–Trinajstić information content (AvgIpc) is 2.73. The third-order valence-corrected chi connectivity index (χ3v) is 4.24. The minimum absolute atomic E-state index is 0.114. The Morgan fingerprint density at radius 1 is 1.07 bits per heavy atom. The third-order valence-electron chi connectivity index (χ3n) is 4.24. The lowest BCUT2D eigenvalue weighted by Gasteiger charge is -2.18. The number of carbonyl (C=O) groups excluding carboxylic acids is 2. The van der Waals surface area contributed by atoms with Gasteiger partial charge in [0.2, 0.25) is 5.91 Å². The van der Waals surface area contributed by atoms with Crippen molar-refractivity contribution in [2.45, 2.75) is 25.8 Å². The highest BCUT2D eigenvalue weighted by molar-refractivity contribution is 5.98. The van der Waals surface area contributed by atoms with Crippen molar-refractivity contribution in [3.05, 3.63) is 59.2 Å². The van der Waals surface area contributed by atoms with E-state index in [1.807, 2.05) is 6.92 Å². The van der Waals surface area contributed by atoms with Crippen LogP contribution in [0.3, 0.4) is 0 Å². The summed E-state index contributed by atoms with van der Waals surface area (Å²) < 4.78 is 37.7. The molecule has 6 nitrogen and oxygen atoms in total. The summed E-state index contributed by atoms with van der Waals surface area (Å²) >= 11 is 0. The molecule has 1 atom stereocenters. The van der Waals surface area contributed by atoms with Crippen molar-refractivity contribution in [2.24, 2.45) is 0 Å². The molecule has 1 unspecified atom stereocenters. The van der Waals surface area contributed by atoms with Gasteiger partial charge in [0, 0.05) is 12.6 Å². The SMILES string of the molecule is CCCCOc1ccc(C(=O)NC(C(=O)NC)c2ccc(F)c(F)c2)cc1OC. The summed E-state index contributed by atoms with van der Waals surface area (Å²) in [6.45, 7) is 2.57. The molecule has 2 aromatic carbocycles. The summed E-state index contributed by atoms with van der Waals surface area (Å²) in [5.41, 5.74) is 0.337. The number of methoxy groups -OCH3 is 1. The maximum Gasteiger partial charge on any atom is 0.252 e. The molecule has 0 radical (unpaired) electrons. The molecule has 0 saturated carbocycles. The smallest absolute Gasteiger partial charge is 0.252 e. The molecular formula is C21H24F2N2O4. The van der Waals surface area contributed by atoms with Crippen LogP contribution in [0.25, 0.3) is 0 Å². The van der Waals surface area contributed by atoms with E-state index in [0.717, 1.165) is 25.0 Å². The molecule has 2 rings (SSSR count). The number of nitrogens with one attached hydrogen (secondary N) is 2. The molecule has 156 valence electrons. The molecule has 0 aliphatic heterocycles. The van der Waals surface area contributed by atoms with Crippen molar-refractivity contribution in [3.63, 3.8) is 0 Å². The summed E-state index contributed by atoms with van der Waals surface area (Å²) in [6.07, 6.45) is 1.86. The van der Waals surface area contributed by atoms with Crippen LogP contribution >= 0.6 is 0 Å². The van der Waals surface area contributed by atoms with Gasteiger partial charge in [-0.25, -0.2) is 8.78 Å². The van der Waals surface area contributed by atoms with Crippen LogP contribution in [0.1, 0.15) is 41.7 Å². The highest BCUT2D eigenvalue weighted by Crippen LogP contribution is 2.28. The second-order valence-electron chi connectivity index (χ2n) is 6.26. The monoisotopic (exact) mass is 406 g/mol. The molecule has 0 aromatic heterocycles. The lowest BCUT2D eigenvalue weighted by atomic mass is 10.0. The first-order chi connectivity index (χ1) is 13.9. The molecule has 2 N–H and O–H groups in total. The van der Waals surface area contributed by atoms with Gasteiger partial charge < -0.3 is 20.1 Å². The van der Waals surface area contributed by atoms with Gasteiger partial charge in [-0.3, -0.25) is 9.59 Å². The van der Waals surface area contributed by atoms with Gasteiger partial charge >= 0.3 is 0 Å². The summed E-state index contributed by atoms with van der Waals surface area (Å²) in [5, 5.41) is 4.93. The molecule has 0 heterocycles. The number of rotatable bonds is 9. The van der Waals surface area contributed by atoms with Crippen LogP contribution in [0.5, 0.6) is 11.5 Å². The van der Waals surface area contributed by atoms with Gasteiger partial charge in [0.15, 0.2) is 23.1 Å². The van der Waals surface area contributed by atoms with Crippen LogP contribution in [0.15, 0.2) is 36.4 Å². The van der Waals surface area contributed by atoms with Gasteiger partial charge in [-0.1, -0.05) is 19.4 Å². The van der Waals surface area contributed by atoms with E-state index in [-0.39, 0.29) is 11.1 Å². The third kappa shape index (κ3) is 5.66. The van der Waals surface area contributed by atoms with Crippen molar-refractivity contribution in [1.82, 2.24) is 10.6 Å². The number of likely N-dealkylation sites (N-methyl/N-ethyl adjacent to an activating group) is 1. The summed E-state index contributed by atoms with van der Waals surface area (Å²) in [6, 6.07) is 6.45. The number of hydrogen-bond donors (Lipinski definition) is 2. The number of carbonyl (C=O) groups is 2. The summed E-state index contributed by atoms with van der Waals surface area (Å²) in [7, 11) is 2.84. The van der Waals surface area contributed by atoms with Crippen molar-refractivity contribution in [2.75, 3.05) is 20.8 Å². The van der Waals surface area contributed by atoms with E-state index in [4.69, 9.17) is 9.47 Å². The number of halogens is 2. The number of ether oxygens (including phenoxy) is 2. The van der Waals surface area contributed by atoms with Gasteiger partial charge in [0.1, 0.15) is 6.04 Å². The zero-order valence-electron chi connectivity index (χ0n) is 16.6. The van der Waals surface area contributed by atoms with Gasteiger partial charge in [-0.2, -0.15) is 0 Å². The molecule has 0 bridgehead atoms. The van der Waals surface area contributed by atoms with Crippen molar-refractivity contribution in [1.29, 1.82) is 0 Å². The fourth-order valence-electron chi connectivity index (χ4n) is 2.61. The highest BCUT2D eigenvalue weighted by atomic mass is 19.2. The maximum absolute atomic E-state index is 13.6. The lowest BCUT2D eigenvalue weighted by Crippen LogP contribution is -2.39. The Labute approximate surface area is 168 Å². The van der Waals surface area contributed by atoms with Gasteiger partial charge in [-0.15, -0.1) is 0 Å². The summed E-state index contributed by atoms with van der Waals surface area (Å²) in [5.74, 6) is -2.43. The molecule has 0 aliphatic carbocycles. The normalized spacial score (nSPS) is 11.5. The van der Waals surface area contributed by atoms with E-state index in [1.54, 1.807) is 6.07 Å². The van der Waals surface area contributed by atoms with Gasteiger partial charge in [0.25, 0.3) is 5.91 Å². The number of hydrogen-bond acceptors (Lipinski definition) is 4. The van der Waals surface area contributed by atoms with Gasteiger partial charge in [0.05, 0.1) is 13.7 Å². The Bertz CT molecular complexity index is 874. The second-order valence-corrected chi connectivity index (χ2v) is 6.26. The Morgan fingerprint density at radius 2 is 1.83 bits per heavy atom. The minimum Gasteiger partial charge on any atom is -0.493 e. The van der Waals surface area contributed by atoms with Crippen LogP contribution in [0.4, 0.5) is 8.78 Å². The highest BCUT2D eigenvalue weighted by Gasteiger charge is 2.24. The van der Waals surface area contributed by atoms with E-state index in [0.29, 0.717) is 18.1 Å². The van der Waals surface area contributed by atoms with Crippen LogP contribution < -0.4 is 20.1 Å². The van der Waals surface area contributed by atoms with Crippen LogP contribution in [0, 0.1) is 11.6 Å². The largest absolute Gasteiger partial charge is 0.493 e. The minimum atomic E-state index is -1.20. The predicted molar refractivity (Wildman–Crippen MR) is 104 cm³/mol. The predicted octanol–water partition coefficient (Wildman–Crippen LogP) is 3.37. The topological polar surface area (TPSA) is 76.7 Å². The quantitative estimate of drug-likeness (QED) is 0.626. The Balaban J connectivity index is 2.24. The number of amides is 2. The van der Waals surface area contributed by atoms with Crippen molar-refractivity contribution in [3.8, 4) is 11.5 Å². The van der Waals surface area contributed by atoms with Gasteiger partial charge in [-0.05, 0) is 42.3 Å². The molecule has 2 amide bonds. The van der Waals surface area contributed by atoms with E-state index in [2.05, 4.69) is 10.6 Å². The molecule has 8 heteroatoms. The van der Waals surface area contributed by atoms with E-state index < -0.39 is 29.5 Å². The second kappa shape index (κ2) is 10.4. The molecule has 2 aromatic rings. The number of benzene rings is 2. The molecule has 29 heavy (non-hydrogen) atoms. The standard InChI is InChI=1S/C21H24F2N2O4/c1-4-5-10-29-17-9-7-14(12-18(17)28-3)20(26)25-19(21(27)24-2)13-6-8-15(22)16(23)11-13/h6-9,11-12,19H,4-5,10H2,1-3H3,(H,24,27)(H,25,26). The fourth-order valence-corrected chi connectivity index (χ4v) is 2.61. The molecule has 0 spiro atoms. The zero-order chi connectivity index (χ0) is 21.4. The first-order valence-corrected chi connectivity index (χ1v) is 9.19. The lowest BCUT2D eigenvalue weighted by molar-refractivity contribution is -0.122. The molecule has 0 fully saturated rings. The van der Waals surface area contributed by atoms with Crippen LogP contribution in [-0.2, 0) is 4.79 Å². The van der Waals surface area contributed by atoms with E-state index in [1.165, 1.54) is 32.4 Å². The molecular weight excluding hydrogens is 382 g/mol. The average molecular weight is 406 g/mol. The van der Waals surface area contributed by atoms with Crippen LogP contribution in [0.2, 0.25) is 0 Å². The zero-order valence-corrected chi connectivity index (χ0v) is 16.6.